The molecule has 1 aromatic heterocycles. The van der Waals surface area contributed by atoms with Gasteiger partial charge in [0.05, 0.1) is 0 Å². The number of fused-ring (bicyclic) bond motifs is 1. The molecule has 0 aliphatic rings. The summed E-state index contributed by atoms with van der Waals surface area (Å²) in [6.45, 7) is -0.314. The molecule has 0 spiro atoms. The molecule has 1 amide bonds. The van der Waals surface area contributed by atoms with Gasteiger partial charge in [-0.25, -0.2) is 9.59 Å². The van der Waals surface area contributed by atoms with E-state index in [4.69, 9.17) is 14.6 Å². The minimum absolute atomic E-state index is 0.164. The molecule has 1 heterocycles. The lowest BCUT2D eigenvalue weighted by molar-refractivity contribution is -0.172. The number of amides is 1. The summed E-state index contributed by atoms with van der Waals surface area (Å²) in [6, 6.07) is 16.7. The Morgan fingerprint density at radius 1 is 0.795 bits per heavy atom. The van der Waals surface area contributed by atoms with Gasteiger partial charge >= 0.3 is 11.9 Å². The first-order valence-electron chi connectivity index (χ1n) is 13.5. The van der Waals surface area contributed by atoms with E-state index < -0.39 is 36.7 Å². The van der Waals surface area contributed by atoms with Crippen molar-refractivity contribution in [1.29, 1.82) is 0 Å². The van der Waals surface area contributed by atoms with Gasteiger partial charge in [0.25, 0.3) is 5.91 Å². The van der Waals surface area contributed by atoms with Gasteiger partial charge in [-0.1, -0.05) is 55.3 Å². The Morgan fingerprint density at radius 2 is 1.54 bits per heavy atom. The van der Waals surface area contributed by atoms with Crippen molar-refractivity contribution >= 4 is 28.6 Å². The first kappa shape index (κ1) is 29.9. The summed E-state index contributed by atoms with van der Waals surface area (Å²) in [4.78, 5) is 38.6. The van der Waals surface area contributed by atoms with Gasteiger partial charge in [-0.15, -0.1) is 0 Å². The molecule has 0 aliphatic heterocycles. The number of carbonyl (C=O) groups excluding carboxylic acids is 1. The van der Waals surface area contributed by atoms with E-state index in [9.17, 15) is 19.5 Å². The number of benzene rings is 2. The van der Waals surface area contributed by atoms with Gasteiger partial charge in [-0.05, 0) is 66.5 Å². The van der Waals surface area contributed by atoms with Crippen molar-refractivity contribution in [2.24, 2.45) is 0 Å². The van der Waals surface area contributed by atoms with Gasteiger partial charge in [0.2, 0.25) is 0 Å². The van der Waals surface area contributed by atoms with Crippen molar-refractivity contribution < 1.29 is 34.1 Å². The number of aromatic amines is 1. The molecule has 0 fully saturated rings. The number of aryl methyl sites for hydroxylation is 2. The summed E-state index contributed by atoms with van der Waals surface area (Å²) in [5.41, 5.74) is 2.47. The predicted molar refractivity (Wildman–Crippen MR) is 148 cm³/mol. The fraction of sp³-hybridized carbons (Fsp3) is 0.433. The van der Waals surface area contributed by atoms with Crippen molar-refractivity contribution in [3.8, 4) is 0 Å². The van der Waals surface area contributed by atoms with Gasteiger partial charge in [-0.2, -0.15) is 0 Å². The van der Waals surface area contributed by atoms with E-state index in [0.29, 0.717) is 13.0 Å². The molecule has 0 radical (unpaired) electrons. The van der Waals surface area contributed by atoms with E-state index in [1.165, 1.54) is 21.9 Å². The highest BCUT2D eigenvalue weighted by Gasteiger charge is 2.36. The largest absolute Gasteiger partial charge is 0.480 e. The minimum atomic E-state index is -1.71. The number of carboxylic acids is 2. The maximum absolute atomic E-state index is 12.9. The fourth-order valence-corrected chi connectivity index (χ4v) is 4.42. The van der Waals surface area contributed by atoms with Crippen LogP contribution in [0.3, 0.4) is 0 Å². The minimum Gasteiger partial charge on any atom is -0.480 e. The first-order chi connectivity index (χ1) is 18.9. The van der Waals surface area contributed by atoms with Crippen molar-refractivity contribution in [3.05, 3.63) is 72.1 Å². The molecule has 3 rings (SSSR count). The average molecular weight is 539 g/mol. The number of ether oxygens (including phenoxy) is 2. The number of H-pyrrole nitrogens is 1. The summed E-state index contributed by atoms with van der Waals surface area (Å²) >= 11 is 0. The molecular weight excluding hydrogens is 500 g/mol. The van der Waals surface area contributed by atoms with Gasteiger partial charge in [0.1, 0.15) is 6.61 Å². The molecule has 39 heavy (non-hydrogen) atoms. The Morgan fingerprint density at radius 3 is 2.26 bits per heavy atom. The molecular formula is C30H38N2O7. The molecule has 9 nitrogen and oxygen atoms in total. The van der Waals surface area contributed by atoms with Crippen LogP contribution in [-0.2, 0) is 36.7 Å². The van der Waals surface area contributed by atoms with Crippen molar-refractivity contribution in [2.45, 2.75) is 63.6 Å². The Bertz CT molecular complexity index is 1180. The van der Waals surface area contributed by atoms with E-state index in [0.717, 1.165) is 44.9 Å². The third-order valence-electron chi connectivity index (χ3n) is 6.49. The van der Waals surface area contributed by atoms with Gasteiger partial charge < -0.3 is 30.0 Å². The summed E-state index contributed by atoms with van der Waals surface area (Å²) in [7, 11) is 0. The third-order valence-corrected chi connectivity index (χ3v) is 6.49. The zero-order chi connectivity index (χ0) is 27.9. The van der Waals surface area contributed by atoms with Crippen LogP contribution in [0.25, 0.3) is 10.8 Å². The topological polar surface area (TPSA) is 138 Å². The third kappa shape index (κ3) is 10.5. The van der Waals surface area contributed by atoms with Crippen LogP contribution >= 0.6 is 0 Å². The molecule has 0 saturated carbocycles. The Kier molecular flexibility index (Phi) is 12.5. The Labute approximate surface area is 228 Å². The van der Waals surface area contributed by atoms with E-state index in [1.807, 2.05) is 30.6 Å². The highest BCUT2D eigenvalue weighted by molar-refractivity contribution is 5.88. The average Bonchev–Trinajstić information content (AvgIpc) is 3.44. The molecule has 3 aromatic rings. The van der Waals surface area contributed by atoms with Crippen LogP contribution in [0.2, 0.25) is 0 Å². The van der Waals surface area contributed by atoms with Crippen LogP contribution in [0.15, 0.2) is 60.9 Å². The number of rotatable bonds is 19. The van der Waals surface area contributed by atoms with Crippen LogP contribution in [-0.4, -0.2) is 65.0 Å². The summed E-state index contributed by atoms with van der Waals surface area (Å²) in [5.74, 6) is -3.38. The molecule has 0 bridgehead atoms. The number of hydrogen-bond acceptors (Lipinski definition) is 5. The molecule has 9 heteroatoms. The first-order valence-corrected chi connectivity index (χ1v) is 13.5. The van der Waals surface area contributed by atoms with Gasteiger partial charge in [0.15, 0.2) is 12.2 Å². The second-order valence-electron chi connectivity index (χ2n) is 9.57. The van der Waals surface area contributed by atoms with Gasteiger partial charge in [0, 0.05) is 25.5 Å². The SMILES string of the molecule is O=C(O)COC(C(=O)O)C(OCCCCCc1cc[nH]c1)C(=O)NCCCCCc1ccc2ccccc2c1. The molecule has 2 aromatic carbocycles. The van der Waals surface area contributed by atoms with Crippen LogP contribution in [0.1, 0.15) is 49.7 Å². The number of carboxylic acid groups (broad SMARTS) is 2. The maximum atomic E-state index is 12.9. The fourth-order valence-electron chi connectivity index (χ4n) is 4.42. The molecule has 4 N–H and O–H groups in total. The summed E-state index contributed by atoms with van der Waals surface area (Å²) in [5, 5.41) is 23.7. The molecule has 0 aliphatic carbocycles. The molecule has 210 valence electrons. The smallest absolute Gasteiger partial charge is 0.336 e. The summed E-state index contributed by atoms with van der Waals surface area (Å²) < 4.78 is 10.7. The summed E-state index contributed by atoms with van der Waals surface area (Å²) in [6.07, 6.45) is 7.46. The maximum Gasteiger partial charge on any atom is 0.336 e. The lowest BCUT2D eigenvalue weighted by atomic mass is 10.0. The molecule has 0 saturated heterocycles. The van der Waals surface area contributed by atoms with E-state index in [-0.39, 0.29) is 6.61 Å². The highest BCUT2D eigenvalue weighted by Crippen LogP contribution is 2.17. The number of hydrogen-bond donors (Lipinski definition) is 4. The Hall–Kier alpha value is -3.69. The normalized spacial score (nSPS) is 12.7. The van der Waals surface area contributed by atoms with Crippen LogP contribution < -0.4 is 5.32 Å². The van der Waals surface area contributed by atoms with E-state index >= 15 is 0 Å². The van der Waals surface area contributed by atoms with Crippen LogP contribution in [0.4, 0.5) is 0 Å². The highest BCUT2D eigenvalue weighted by atomic mass is 16.6. The van der Waals surface area contributed by atoms with Crippen molar-refractivity contribution in [2.75, 3.05) is 19.8 Å². The number of unbranched alkanes of at least 4 members (excludes halogenated alkanes) is 4. The van der Waals surface area contributed by atoms with Crippen molar-refractivity contribution in [1.82, 2.24) is 10.3 Å². The number of aromatic nitrogens is 1. The van der Waals surface area contributed by atoms with E-state index in [2.05, 4.69) is 40.6 Å². The Balaban J connectivity index is 1.42. The quantitative estimate of drug-likeness (QED) is 0.167. The second kappa shape index (κ2) is 16.3. The lowest BCUT2D eigenvalue weighted by Crippen LogP contribution is -2.49. The monoisotopic (exact) mass is 538 g/mol. The zero-order valence-electron chi connectivity index (χ0n) is 22.1. The van der Waals surface area contributed by atoms with Gasteiger partial charge in [-0.3, -0.25) is 4.79 Å². The number of aliphatic carboxylic acids is 2. The molecule has 2 unspecified atom stereocenters. The standard InChI is InChI=1S/C30H38N2O7/c33-26(34)21-39-28(30(36)37)27(38-18-8-2-4-10-23-15-17-31-20-23)29(35)32-16-7-1-3-9-22-13-14-24-11-5-6-12-25(24)19-22/h5-6,11-15,17,19-20,27-28,31H,1-4,7-10,16,18,21H2,(H,32,35)(H,33,34)(H,36,37). The number of nitrogens with one attached hydrogen (secondary N) is 2. The van der Waals surface area contributed by atoms with Crippen molar-refractivity contribution in [3.63, 3.8) is 0 Å². The zero-order valence-corrected chi connectivity index (χ0v) is 22.1. The second-order valence-corrected chi connectivity index (χ2v) is 9.57. The van der Waals surface area contributed by atoms with E-state index in [1.54, 1.807) is 0 Å². The van der Waals surface area contributed by atoms with Crippen LogP contribution in [0.5, 0.6) is 0 Å². The number of carbonyl (C=O) groups is 3. The predicted octanol–water partition coefficient (Wildman–Crippen LogP) is 4.35. The lowest BCUT2D eigenvalue weighted by Gasteiger charge is -2.23. The van der Waals surface area contributed by atoms with Crippen LogP contribution in [0, 0.1) is 0 Å². The molecule has 2 atom stereocenters.